The second-order valence-corrected chi connectivity index (χ2v) is 8.92. The van der Waals surface area contributed by atoms with Crippen LogP contribution < -0.4 is 0 Å². The normalized spacial score (nSPS) is 17.3. The van der Waals surface area contributed by atoms with Gasteiger partial charge in [-0.1, -0.05) is 30.3 Å². The molecule has 6 heteroatoms. The number of aryl methyl sites for hydroxylation is 1. The largest absolute Gasteiger partial charge is 0.421 e. The number of carbonyl (C=O) groups excluding carboxylic acids is 1. The molecule has 5 rings (SSSR count). The van der Waals surface area contributed by atoms with Crippen molar-refractivity contribution >= 4 is 5.91 Å². The topological polar surface area (TPSA) is 79.5 Å². The summed E-state index contributed by atoms with van der Waals surface area (Å²) in [5.74, 6) is 1.35. The van der Waals surface area contributed by atoms with Crippen LogP contribution in [-0.4, -0.2) is 37.8 Å². The van der Waals surface area contributed by atoms with Crippen molar-refractivity contribution in [3.63, 3.8) is 0 Å². The number of benzene rings is 2. The van der Waals surface area contributed by atoms with E-state index in [-0.39, 0.29) is 11.9 Å². The van der Waals surface area contributed by atoms with Crippen molar-refractivity contribution in [2.75, 3.05) is 0 Å². The standard InChI is InChI=1S/C24H25N3O3/c1-14-25-26-22(30-14)17-7-4-6-16(12-17)19-9-5-8-18-13-27(23(28)20(18)19)21(15-10-11-15)24(2,3)29/h4-9,12,15,21,29H,10-11,13H2,1-3H3/t21-/m1/s1. The minimum atomic E-state index is -0.936. The molecule has 0 saturated heterocycles. The van der Waals surface area contributed by atoms with Crippen molar-refractivity contribution in [1.29, 1.82) is 0 Å². The molecule has 154 valence electrons. The number of fused-ring (bicyclic) bond motifs is 1. The highest BCUT2D eigenvalue weighted by Gasteiger charge is 2.48. The van der Waals surface area contributed by atoms with Gasteiger partial charge in [0.15, 0.2) is 0 Å². The van der Waals surface area contributed by atoms with Gasteiger partial charge in [0, 0.05) is 19.0 Å². The predicted molar refractivity (Wildman–Crippen MR) is 113 cm³/mol. The number of aromatic nitrogens is 2. The maximum atomic E-state index is 13.5. The van der Waals surface area contributed by atoms with E-state index in [1.54, 1.807) is 6.92 Å². The number of hydrogen-bond acceptors (Lipinski definition) is 5. The number of rotatable bonds is 5. The van der Waals surface area contributed by atoms with Gasteiger partial charge in [-0.15, -0.1) is 10.2 Å². The van der Waals surface area contributed by atoms with Gasteiger partial charge in [0.25, 0.3) is 5.91 Å². The summed E-state index contributed by atoms with van der Waals surface area (Å²) in [6.45, 7) is 5.92. The molecule has 1 aromatic heterocycles. The van der Waals surface area contributed by atoms with Gasteiger partial charge in [-0.3, -0.25) is 4.79 Å². The molecular formula is C24H25N3O3. The van der Waals surface area contributed by atoms with Crippen LogP contribution in [0.1, 0.15) is 48.5 Å². The van der Waals surface area contributed by atoms with Crippen LogP contribution in [0.2, 0.25) is 0 Å². The molecule has 2 heterocycles. The molecular weight excluding hydrogens is 378 g/mol. The van der Waals surface area contributed by atoms with Crippen molar-refractivity contribution in [3.8, 4) is 22.6 Å². The zero-order chi connectivity index (χ0) is 21.0. The Bertz CT molecular complexity index is 1120. The Kier molecular flexibility index (Phi) is 4.29. The summed E-state index contributed by atoms with van der Waals surface area (Å²) < 4.78 is 5.57. The van der Waals surface area contributed by atoms with Crippen LogP contribution in [0.4, 0.5) is 0 Å². The Balaban J connectivity index is 1.55. The van der Waals surface area contributed by atoms with Crippen molar-refractivity contribution in [2.24, 2.45) is 5.92 Å². The quantitative estimate of drug-likeness (QED) is 0.690. The molecule has 0 bridgehead atoms. The first-order valence-electron chi connectivity index (χ1n) is 10.4. The van der Waals surface area contributed by atoms with Crippen LogP contribution >= 0.6 is 0 Å². The van der Waals surface area contributed by atoms with Crippen molar-refractivity contribution in [3.05, 3.63) is 59.5 Å². The lowest BCUT2D eigenvalue weighted by molar-refractivity contribution is -0.0224. The van der Waals surface area contributed by atoms with E-state index in [9.17, 15) is 9.90 Å². The van der Waals surface area contributed by atoms with Gasteiger partial charge in [-0.05, 0) is 61.4 Å². The molecule has 1 amide bonds. The molecule has 2 aromatic carbocycles. The molecule has 0 unspecified atom stereocenters. The summed E-state index contributed by atoms with van der Waals surface area (Å²) >= 11 is 0. The van der Waals surface area contributed by atoms with E-state index in [0.29, 0.717) is 24.2 Å². The molecule has 2 aliphatic rings. The average Bonchev–Trinajstić information content (AvgIpc) is 3.35. The number of carbonyl (C=O) groups is 1. The predicted octanol–water partition coefficient (Wildman–Crippen LogP) is 4.22. The Morgan fingerprint density at radius 2 is 1.87 bits per heavy atom. The fraction of sp³-hybridized carbons (Fsp3) is 0.375. The summed E-state index contributed by atoms with van der Waals surface area (Å²) in [7, 11) is 0. The third-order valence-corrected chi connectivity index (χ3v) is 6.04. The van der Waals surface area contributed by atoms with E-state index in [1.165, 1.54) is 0 Å². The Hall–Kier alpha value is -2.99. The average molecular weight is 403 g/mol. The maximum Gasteiger partial charge on any atom is 0.255 e. The second kappa shape index (κ2) is 6.77. The van der Waals surface area contributed by atoms with Gasteiger partial charge in [-0.25, -0.2) is 0 Å². The third kappa shape index (κ3) is 3.21. The molecule has 1 aliphatic heterocycles. The van der Waals surface area contributed by atoms with Crippen LogP contribution in [0.3, 0.4) is 0 Å². The lowest BCUT2D eigenvalue weighted by Gasteiger charge is -2.37. The Morgan fingerprint density at radius 1 is 1.13 bits per heavy atom. The molecule has 1 atom stereocenters. The van der Waals surface area contributed by atoms with Crippen molar-refractivity contribution < 1.29 is 14.3 Å². The highest BCUT2D eigenvalue weighted by molar-refractivity contribution is 6.05. The SMILES string of the molecule is Cc1nnc(-c2cccc(-c3cccc4c3C(=O)N([C@H](C3CC3)C(C)(C)O)C4)c2)o1. The zero-order valence-corrected chi connectivity index (χ0v) is 17.4. The summed E-state index contributed by atoms with van der Waals surface area (Å²) in [6.07, 6.45) is 2.13. The lowest BCUT2D eigenvalue weighted by atomic mass is 9.92. The smallest absolute Gasteiger partial charge is 0.255 e. The number of hydrogen-bond donors (Lipinski definition) is 1. The minimum Gasteiger partial charge on any atom is -0.421 e. The van der Waals surface area contributed by atoms with E-state index in [0.717, 1.165) is 40.7 Å². The van der Waals surface area contributed by atoms with Gasteiger partial charge < -0.3 is 14.4 Å². The zero-order valence-electron chi connectivity index (χ0n) is 17.4. The molecule has 0 radical (unpaired) electrons. The first kappa shape index (κ1) is 19.0. The van der Waals surface area contributed by atoms with Crippen LogP contribution in [0.15, 0.2) is 46.9 Å². The van der Waals surface area contributed by atoms with Gasteiger partial charge in [0.2, 0.25) is 11.8 Å². The molecule has 0 spiro atoms. The fourth-order valence-corrected chi connectivity index (χ4v) is 4.71. The fourth-order valence-electron chi connectivity index (χ4n) is 4.71. The van der Waals surface area contributed by atoms with Crippen LogP contribution in [-0.2, 0) is 6.54 Å². The molecule has 1 N–H and O–H groups in total. The van der Waals surface area contributed by atoms with Crippen LogP contribution in [0, 0.1) is 12.8 Å². The van der Waals surface area contributed by atoms with Gasteiger partial charge >= 0.3 is 0 Å². The van der Waals surface area contributed by atoms with E-state index >= 15 is 0 Å². The first-order chi connectivity index (χ1) is 14.3. The van der Waals surface area contributed by atoms with Crippen LogP contribution in [0.25, 0.3) is 22.6 Å². The number of amides is 1. The Labute approximate surface area is 175 Å². The van der Waals surface area contributed by atoms with E-state index in [2.05, 4.69) is 10.2 Å². The first-order valence-corrected chi connectivity index (χ1v) is 10.4. The van der Waals surface area contributed by atoms with Gasteiger partial charge in [-0.2, -0.15) is 0 Å². The van der Waals surface area contributed by atoms with Crippen molar-refractivity contribution in [1.82, 2.24) is 15.1 Å². The monoisotopic (exact) mass is 403 g/mol. The lowest BCUT2D eigenvalue weighted by Crippen LogP contribution is -2.51. The van der Waals surface area contributed by atoms with Gasteiger partial charge in [0.1, 0.15) is 0 Å². The van der Waals surface area contributed by atoms with E-state index < -0.39 is 5.60 Å². The highest BCUT2D eigenvalue weighted by atomic mass is 16.4. The Morgan fingerprint density at radius 3 is 2.53 bits per heavy atom. The molecule has 6 nitrogen and oxygen atoms in total. The molecule has 3 aromatic rings. The molecule has 1 aliphatic carbocycles. The summed E-state index contributed by atoms with van der Waals surface area (Å²) in [4.78, 5) is 15.4. The number of nitrogens with zero attached hydrogens (tertiary/aromatic N) is 3. The summed E-state index contributed by atoms with van der Waals surface area (Å²) in [5.41, 5.74) is 3.44. The summed E-state index contributed by atoms with van der Waals surface area (Å²) in [6, 6.07) is 13.6. The third-order valence-electron chi connectivity index (χ3n) is 6.04. The maximum absolute atomic E-state index is 13.5. The molecule has 1 saturated carbocycles. The minimum absolute atomic E-state index is 0.00124. The van der Waals surface area contributed by atoms with E-state index in [4.69, 9.17) is 4.42 Å². The highest BCUT2D eigenvalue weighted by Crippen LogP contribution is 2.44. The van der Waals surface area contributed by atoms with E-state index in [1.807, 2.05) is 61.2 Å². The molecule has 1 fully saturated rings. The second-order valence-electron chi connectivity index (χ2n) is 8.92. The van der Waals surface area contributed by atoms with Crippen molar-refractivity contribution in [2.45, 2.75) is 51.8 Å². The summed E-state index contributed by atoms with van der Waals surface area (Å²) in [5, 5.41) is 18.8. The van der Waals surface area contributed by atoms with Gasteiger partial charge in [0.05, 0.1) is 17.2 Å². The van der Waals surface area contributed by atoms with Crippen LogP contribution in [0.5, 0.6) is 0 Å². The molecule has 30 heavy (non-hydrogen) atoms. The number of aliphatic hydroxyl groups is 1.